The molecule has 3 rings (SSSR count). The number of aromatic nitrogens is 2. The van der Waals surface area contributed by atoms with Gasteiger partial charge in [-0.05, 0) is 29.8 Å². The van der Waals surface area contributed by atoms with Crippen LogP contribution in [-0.4, -0.2) is 20.0 Å². The first-order chi connectivity index (χ1) is 11.6. The molecule has 0 saturated heterocycles. The highest BCUT2D eigenvalue weighted by Gasteiger charge is 2.09. The number of aromatic hydroxyl groups is 1. The number of non-ortho nitro benzene ring substituents is 1. The Kier molecular flexibility index (Phi) is 4.33. The van der Waals surface area contributed by atoms with Crippen molar-refractivity contribution in [2.24, 2.45) is 0 Å². The number of hydrogen-bond acceptors (Lipinski definition) is 6. The van der Waals surface area contributed by atoms with Gasteiger partial charge in [-0.2, -0.15) is 0 Å². The molecule has 0 aliphatic rings. The van der Waals surface area contributed by atoms with Crippen LogP contribution in [0.3, 0.4) is 0 Å². The zero-order valence-corrected chi connectivity index (χ0v) is 12.6. The number of nitro benzene ring substituents is 1. The molecule has 0 unspecified atom stereocenters. The SMILES string of the molecule is O=[N+]([O-])c1cccc(CNc2nccnc2-c2ccc(O)cc2)c1. The molecular formula is C17H14N4O3. The van der Waals surface area contributed by atoms with E-state index in [0.29, 0.717) is 18.1 Å². The fourth-order valence-corrected chi connectivity index (χ4v) is 2.26. The number of phenols is 1. The van der Waals surface area contributed by atoms with Gasteiger partial charge in [0.2, 0.25) is 0 Å². The minimum absolute atomic E-state index is 0.0483. The van der Waals surface area contributed by atoms with Crippen LogP contribution >= 0.6 is 0 Å². The van der Waals surface area contributed by atoms with Crippen LogP contribution in [0.5, 0.6) is 5.75 Å². The number of phenolic OH excluding ortho intramolecular Hbond substituents is 1. The maximum atomic E-state index is 10.8. The first-order valence-electron chi connectivity index (χ1n) is 7.21. The first kappa shape index (κ1) is 15.4. The molecule has 0 aliphatic heterocycles. The third kappa shape index (κ3) is 3.46. The van der Waals surface area contributed by atoms with Crippen LogP contribution in [0.1, 0.15) is 5.56 Å². The number of nitrogens with zero attached hydrogens (tertiary/aromatic N) is 3. The molecule has 1 heterocycles. The lowest BCUT2D eigenvalue weighted by atomic mass is 10.1. The van der Waals surface area contributed by atoms with Gasteiger partial charge in [0.15, 0.2) is 5.82 Å². The molecule has 1 aromatic heterocycles. The third-order valence-electron chi connectivity index (χ3n) is 3.42. The fourth-order valence-electron chi connectivity index (χ4n) is 2.26. The van der Waals surface area contributed by atoms with E-state index >= 15 is 0 Å². The van der Waals surface area contributed by atoms with Crippen molar-refractivity contribution in [1.29, 1.82) is 0 Å². The summed E-state index contributed by atoms with van der Waals surface area (Å²) in [7, 11) is 0. The maximum absolute atomic E-state index is 10.8. The summed E-state index contributed by atoms with van der Waals surface area (Å²) in [4.78, 5) is 19.0. The Bertz CT molecular complexity index is 866. The lowest BCUT2D eigenvalue weighted by Gasteiger charge is -2.10. The van der Waals surface area contributed by atoms with Crippen molar-refractivity contribution in [2.45, 2.75) is 6.54 Å². The standard InChI is InChI=1S/C17H14N4O3/c22-15-6-4-13(5-7-15)16-17(19-9-8-18-16)20-11-12-2-1-3-14(10-12)21(23)24/h1-10,22H,11H2,(H,19,20). The molecule has 0 atom stereocenters. The monoisotopic (exact) mass is 322 g/mol. The van der Waals surface area contributed by atoms with E-state index in [1.54, 1.807) is 48.8 Å². The second kappa shape index (κ2) is 6.74. The highest BCUT2D eigenvalue weighted by molar-refractivity contribution is 5.71. The van der Waals surface area contributed by atoms with Crippen LogP contribution in [0.4, 0.5) is 11.5 Å². The van der Waals surface area contributed by atoms with Crippen LogP contribution in [0.2, 0.25) is 0 Å². The Morgan fingerprint density at radius 3 is 2.58 bits per heavy atom. The van der Waals surface area contributed by atoms with E-state index in [0.717, 1.165) is 11.1 Å². The van der Waals surface area contributed by atoms with Crippen molar-refractivity contribution in [3.63, 3.8) is 0 Å². The van der Waals surface area contributed by atoms with Gasteiger partial charge in [-0.3, -0.25) is 15.1 Å². The van der Waals surface area contributed by atoms with E-state index in [1.165, 1.54) is 12.1 Å². The first-order valence-corrected chi connectivity index (χ1v) is 7.21. The fraction of sp³-hybridized carbons (Fsp3) is 0.0588. The number of benzene rings is 2. The van der Waals surface area contributed by atoms with Gasteiger partial charge in [-0.15, -0.1) is 0 Å². The van der Waals surface area contributed by atoms with Crippen molar-refractivity contribution < 1.29 is 10.0 Å². The summed E-state index contributed by atoms with van der Waals surface area (Å²) >= 11 is 0. The highest BCUT2D eigenvalue weighted by atomic mass is 16.6. The zero-order valence-electron chi connectivity index (χ0n) is 12.6. The molecule has 0 amide bonds. The molecule has 0 aliphatic carbocycles. The van der Waals surface area contributed by atoms with Crippen LogP contribution in [0, 0.1) is 10.1 Å². The molecular weight excluding hydrogens is 308 g/mol. The highest BCUT2D eigenvalue weighted by Crippen LogP contribution is 2.25. The smallest absolute Gasteiger partial charge is 0.269 e. The minimum atomic E-state index is -0.423. The van der Waals surface area contributed by atoms with Crippen LogP contribution < -0.4 is 5.32 Å². The molecule has 24 heavy (non-hydrogen) atoms. The number of nitrogens with one attached hydrogen (secondary N) is 1. The Morgan fingerprint density at radius 1 is 1.08 bits per heavy atom. The molecule has 3 aromatic rings. The Hall–Kier alpha value is -3.48. The van der Waals surface area contributed by atoms with Crippen molar-refractivity contribution in [2.75, 3.05) is 5.32 Å². The summed E-state index contributed by atoms with van der Waals surface area (Å²) in [5.74, 6) is 0.739. The van der Waals surface area contributed by atoms with Gasteiger partial charge in [-0.1, -0.05) is 12.1 Å². The van der Waals surface area contributed by atoms with Gasteiger partial charge in [-0.25, -0.2) is 4.98 Å². The molecule has 2 aromatic carbocycles. The summed E-state index contributed by atoms with van der Waals surface area (Å²) in [6.07, 6.45) is 3.15. The largest absolute Gasteiger partial charge is 0.508 e. The van der Waals surface area contributed by atoms with E-state index < -0.39 is 4.92 Å². The van der Waals surface area contributed by atoms with Gasteiger partial charge in [0, 0.05) is 36.6 Å². The summed E-state index contributed by atoms with van der Waals surface area (Å²) in [6, 6.07) is 13.1. The number of hydrogen-bond donors (Lipinski definition) is 2. The van der Waals surface area contributed by atoms with E-state index in [9.17, 15) is 15.2 Å². The lowest BCUT2D eigenvalue weighted by Crippen LogP contribution is -2.04. The number of anilines is 1. The molecule has 0 bridgehead atoms. The topological polar surface area (TPSA) is 101 Å². The van der Waals surface area contributed by atoms with Gasteiger partial charge in [0.25, 0.3) is 5.69 Å². The van der Waals surface area contributed by atoms with Gasteiger partial charge in [0.1, 0.15) is 11.4 Å². The second-order valence-electron chi connectivity index (χ2n) is 5.08. The third-order valence-corrected chi connectivity index (χ3v) is 3.42. The molecule has 0 radical (unpaired) electrons. The molecule has 7 heteroatoms. The van der Waals surface area contributed by atoms with E-state index in [1.807, 2.05) is 0 Å². The second-order valence-corrected chi connectivity index (χ2v) is 5.08. The Balaban J connectivity index is 1.82. The minimum Gasteiger partial charge on any atom is -0.508 e. The van der Waals surface area contributed by atoms with Gasteiger partial charge >= 0.3 is 0 Å². The predicted octanol–water partition coefficient (Wildman–Crippen LogP) is 3.37. The molecule has 0 saturated carbocycles. The molecule has 0 fully saturated rings. The van der Waals surface area contributed by atoms with Gasteiger partial charge in [0.05, 0.1) is 4.92 Å². The predicted molar refractivity (Wildman–Crippen MR) is 89.6 cm³/mol. The lowest BCUT2D eigenvalue weighted by molar-refractivity contribution is -0.384. The van der Waals surface area contributed by atoms with E-state index in [4.69, 9.17) is 0 Å². The zero-order chi connectivity index (χ0) is 16.9. The molecule has 0 spiro atoms. The Morgan fingerprint density at radius 2 is 1.83 bits per heavy atom. The van der Waals surface area contributed by atoms with Crippen LogP contribution in [0.15, 0.2) is 60.9 Å². The summed E-state index contributed by atoms with van der Waals surface area (Å²) in [5.41, 5.74) is 2.27. The van der Waals surface area contributed by atoms with Crippen molar-refractivity contribution >= 4 is 11.5 Å². The molecule has 2 N–H and O–H groups in total. The van der Waals surface area contributed by atoms with E-state index in [-0.39, 0.29) is 11.4 Å². The summed E-state index contributed by atoms with van der Waals surface area (Å²) < 4.78 is 0. The summed E-state index contributed by atoms with van der Waals surface area (Å²) in [6.45, 7) is 0.380. The van der Waals surface area contributed by atoms with Crippen molar-refractivity contribution in [3.8, 4) is 17.0 Å². The van der Waals surface area contributed by atoms with Crippen LogP contribution in [-0.2, 0) is 6.54 Å². The Labute approximate surface area is 137 Å². The quantitative estimate of drug-likeness (QED) is 0.551. The normalized spacial score (nSPS) is 10.3. The maximum Gasteiger partial charge on any atom is 0.269 e. The van der Waals surface area contributed by atoms with Crippen LogP contribution in [0.25, 0.3) is 11.3 Å². The average molecular weight is 322 g/mol. The molecule has 7 nitrogen and oxygen atoms in total. The van der Waals surface area contributed by atoms with Gasteiger partial charge < -0.3 is 10.4 Å². The van der Waals surface area contributed by atoms with Crippen molar-refractivity contribution in [1.82, 2.24) is 9.97 Å². The summed E-state index contributed by atoms with van der Waals surface area (Å²) in [5, 5.41) is 23.4. The molecule has 120 valence electrons. The van der Waals surface area contributed by atoms with E-state index in [2.05, 4.69) is 15.3 Å². The number of nitro groups is 1. The van der Waals surface area contributed by atoms with Crippen molar-refractivity contribution in [3.05, 3.63) is 76.6 Å². The average Bonchev–Trinajstić information content (AvgIpc) is 2.61. The number of rotatable bonds is 5.